The predicted molar refractivity (Wildman–Crippen MR) is 151 cm³/mol. The molecular formula is C33H41NO2. The third-order valence-corrected chi connectivity index (χ3v) is 8.78. The molecule has 0 bridgehead atoms. The van der Waals surface area contributed by atoms with Gasteiger partial charge in [-0.05, 0) is 89.8 Å². The largest absolute Gasteiger partial charge is 0.399 e. The monoisotopic (exact) mass is 483 g/mol. The van der Waals surface area contributed by atoms with E-state index in [0.717, 1.165) is 57.8 Å². The molecule has 3 heteroatoms. The lowest BCUT2D eigenvalue weighted by atomic mass is 9.70. The molecule has 2 aliphatic carbocycles. The van der Waals surface area contributed by atoms with Crippen LogP contribution in [0.3, 0.4) is 0 Å². The molecule has 0 amide bonds. The first-order valence-electron chi connectivity index (χ1n) is 13.9. The number of ether oxygens (including phenoxy) is 2. The average molecular weight is 484 g/mol. The lowest BCUT2D eigenvalue weighted by Gasteiger charge is -2.37. The standard InChI is InChI=1S/C29H31NO2.C4H10/c1-2-25-24(23-5-3-4-6-26(23)29(25)11-15-32-16-12-29)18-21-17-20-7-8-22(30)19-27(20)28(21)9-13-31-14-10-28;1-3-4-2/h2-8,17-19H,9-16,30H2,1H3;3-4H2,1-2H3/b24-18-,25-2+;. The van der Waals surface area contributed by atoms with Gasteiger partial charge in [0.15, 0.2) is 0 Å². The van der Waals surface area contributed by atoms with Gasteiger partial charge in [-0.1, -0.05) is 69.2 Å². The Morgan fingerprint density at radius 1 is 0.833 bits per heavy atom. The van der Waals surface area contributed by atoms with Crippen molar-refractivity contribution in [2.75, 3.05) is 32.2 Å². The molecule has 4 aliphatic rings. The predicted octanol–water partition coefficient (Wildman–Crippen LogP) is 7.61. The van der Waals surface area contributed by atoms with E-state index in [0.29, 0.717) is 0 Å². The van der Waals surface area contributed by atoms with Crippen molar-refractivity contribution >= 4 is 17.3 Å². The number of anilines is 1. The van der Waals surface area contributed by atoms with Crippen LogP contribution in [0.25, 0.3) is 11.6 Å². The van der Waals surface area contributed by atoms with Gasteiger partial charge in [-0.15, -0.1) is 0 Å². The van der Waals surface area contributed by atoms with Crippen LogP contribution < -0.4 is 5.73 Å². The maximum atomic E-state index is 6.24. The second-order valence-corrected chi connectivity index (χ2v) is 10.6. The van der Waals surface area contributed by atoms with Gasteiger partial charge in [0, 0.05) is 42.9 Å². The number of fused-ring (bicyclic) bond motifs is 4. The van der Waals surface area contributed by atoms with Crippen LogP contribution in [0.4, 0.5) is 5.69 Å². The number of rotatable bonds is 2. The Morgan fingerprint density at radius 3 is 2.11 bits per heavy atom. The number of allylic oxidation sites excluding steroid dienone is 5. The van der Waals surface area contributed by atoms with Gasteiger partial charge in [0.25, 0.3) is 0 Å². The van der Waals surface area contributed by atoms with Crippen molar-refractivity contribution in [3.8, 4) is 0 Å². The quantitative estimate of drug-likeness (QED) is 0.447. The molecule has 2 heterocycles. The maximum Gasteiger partial charge on any atom is 0.0477 e. The minimum absolute atomic E-state index is 0.00477. The lowest BCUT2D eigenvalue weighted by Crippen LogP contribution is -2.34. The van der Waals surface area contributed by atoms with E-state index in [4.69, 9.17) is 15.2 Å². The van der Waals surface area contributed by atoms with Gasteiger partial charge in [0.05, 0.1) is 0 Å². The van der Waals surface area contributed by atoms with Crippen LogP contribution in [0.1, 0.15) is 81.5 Å². The van der Waals surface area contributed by atoms with Gasteiger partial charge in [-0.25, -0.2) is 0 Å². The first kappa shape index (κ1) is 25.0. The van der Waals surface area contributed by atoms with Crippen molar-refractivity contribution in [3.05, 3.63) is 88.0 Å². The lowest BCUT2D eigenvalue weighted by molar-refractivity contribution is 0.0636. The average Bonchev–Trinajstić information content (AvgIpc) is 3.34. The fraction of sp³-hybridized carbons (Fsp3) is 0.455. The first-order chi connectivity index (χ1) is 17.6. The van der Waals surface area contributed by atoms with Gasteiger partial charge in [-0.2, -0.15) is 0 Å². The van der Waals surface area contributed by atoms with Gasteiger partial charge in [0.2, 0.25) is 0 Å². The van der Waals surface area contributed by atoms with E-state index in [1.807, 2.05) is 6.07 Å². The van der Waals surface area contributed by atoms with Crippen LogP contribution in [0.15, 0.2) is 65.8 Å². The number of nitrogen functional groups attached to an aromatic ring is 1. The third kappa shape index (κ3) is 4.07. The molecule has 0 atom stereocenters. The summed E-state index contributed by atoms with van der Waals surface area (Å²) < 4.78 is 11.6. The normalized spacial score (nSPS) is 23.4. The van der Waals surface area contributed by atoms with Crippen LogP contribution in [0, 0.1) is 0 Å². The molecule has 2 aliphatic heterocycles. The number of hydrogen-bond donors (Lipinski definition) is 1. The van der Waals surface area contributed by atoms with E-state index >= 15 is 0 Å². The molecule has 0 aromatic heterocycles. The zero-order valence-electron chi connectivity index (χ0n) is 22.2. The molecule has 2 saturated heterocycles. The highest BCUT2D eigenvalue weighted by Gasteiger charge is 2.47. The van der Waals surface area contributed by atoms with Crippen LogP contribution >= 0.6 is 0 Å². The second-order valence-electron chi connectivity index (χ2n) is 10.6. The molecule has 36 heavy (non-hydrogen) atoms. The zero-order chi connectivity index (χ0) is 25.2. The number of unbranched alkanes of at least 4 members (excludes halogenated alkanes) is 1. The summed E-state index contributed by atoms with van der Waals surface area (Å²) >= 11 is 0. The summed E-state index contributed by atoms with van der Waals surface area (Å²) in [5.41, 5.74) is 17.0. The molecule has 2 aromatic carbocycles. The van der Waals surface area contributed by atoms with Gasteiger partial charge >= 0.3 is 0 Å². The van der Waals surface area contributed by atoms with Crippen LogP contribution in [0.2, 0.25) is 0 Å². The Morgan fingerprint density at radius 2 is 1.47 bits per heavy atom. The van der Waals surface area contributed by atoms with Crippen molar-refractivity contribution in [2.24, 2.45) is 0 Å². The molecular weight excluding hydrogens is 442 g/mol. The van der Waals surface area contributed by atoms with Crippen LogP contribution in [0.5, 0.6) is 0 Å². The number of benzene rings is 2. The zero-order valence-corrected chi connectivity index (χ0v) is 22.2. The molecule has 2 fully saturated rings. The smallest absolute Gasteiger partial charge is 0.0477 e. The highest BCUT2D eigenvalue weighted by atomic mass is 16.5. The Labute approximate surface area is 217 Å². The van der Waals surface area contributed by atoms with Crippen molar-refractivity contribution < 1.29 is 9.47 Å². The summed E-state index contributed by atoms with van der Waals surface area (Å²) in [7, 11) is 0. The van der Waals surface area contributed by atoms with Crippen molar-refractivity contribution in [2.45, 2.75) is 70.1 Å². The molecule has 3 nitrogen and oxygen atoms in total. The molecule has 2 spiro atoms. The minimum atomic E-state index is -0.00477. The van der Waals surface area contributed by atoms with Crippen molar-refractivity contribution in [3.63, 3.8) is 0 Å². The SMILES string of the molecule is C/C=C1\C(=C/C2=Cc3ccc(N)cc3C23CCOCC3)c2ccccc2C12CCOCC2.CCCC. The molecule has 2 N–H and O–H groups in total. The summed E-state index contributed by atoms with van der Waals surface area (Å²) in [4.78, 5) is 0. The summed E-state index contributed by atoms with van der Waals surface area (Å²) in [6.07, 6.45) is 14.0. The topological polar surface area (TPSA) is 44.5 Å². The third-order valence-electron chi connectivity index (χ3n) is 8.78. The Balaban J connectivity index is 0.000000623. The van der Waals surface area contributed by atoms with E-state index in [1.165, 1.54) is 51.8 Å². The van der Waals surface area contributed by atoms with E-state index in [-0.39, 0.29) is 10.8 Å². The highest BCUT2D eigenvalue weighted by molar-refractivity contribution is 5.93. The van der Waals surface area contributed by atoms with Crippen LogP contribution in [-0.4, -0.2) is 26.4 Å². The molecule has 0 saturated carbocycles. The molecule has 0 radical (unpaired) electrons. The summed E-state index contributed by atoms with van der Waals surface area (Å²) in [6.45, 7) is 9.81. The first-order valence-corrected chi connectivity index (χ1v) is 13.9. The molecule has 2 aromatic rings. The van der Waals surface area contributed by atoms with Crippen molar-refractivity contribution in [1.82, 2.24) is 0 Å². The van der Waals surface area contributed by atoms with Crippen molar-refractivity contribution in [1.29, 1.82) is 0 Å². The minimum Gasteiger partial charge on any atom is -0.399 e. The summed E-state index contributed by atoms with van der Waals surface area (Å²) in [6, 6.07) is 15.4. The fourth-order valence-electron chi connectivity index (χ4n) is 6.72. The van der Waals surface area contributed by atoms with E-state index in [2.05, 4.69) is 75.4 Å². The van der Waals surface area contributed by atoms with Gasteiger partial charge in [-0.3, -0.25) is 0 Å². The second kappa shape index (κ2) is 10.4. The fourth-order valence-corrected chi connectivity index (χ4v) is 6.72. The molecule has 190 valence electrons. The van der Waals surface area contributed by atoms with E-state index in [1.54, 1.807) is 0 Å². The maximum absolute atomic E-state index is 6.24. The van der Waals surface area contributed by atoms with E-state index in [9.17, 15) is 0 Å². The van der Waals surface area contributed by atoms with E-state index < -0.39 is 0 Å². The molecule has 6 rings (SSSR count). The van der Waals surface area contributed by atoms with Gasteiger partial charge < -0.3 is 15.2 Å². The number of hydrogen-bond acceptors (Lipinski definition) is 3. The Kier molecular flexibility index (Phi) is 7.23. The molecule has 0 unspecified atom stereocenters. The van der Waals surface area contributed by atoms with Gasteiger partial charge in [0.1, 0.15) is 0 Å². The van der Waals surface area contributed by atoms with Crippen LogP contribution in [-0.2, 0) is 20.3 Å². The Hall–Kier alpha value is -2.62. The highest BCUT2D eigenvalue weighted by Crippen LogP contribution is 2.57. The Bertz CT molecular complexity index is 1190. The summed E-state index contributed by atoms with van der Waals surface area (Å²) in [5.74, 6) is 0. The summed E-state index contributed by atoms with van der Waals surface area (Å²) in [5, 5.41) is 0. The number of nitrogens with two attached hydrogens (primary N) is 1.